The van der Waals surface area contributed by atoms with Crippen molar-refractivity contribution >= 4 is 11.9 Å². The third kappa shape index (κ3) is 5.11. The lowest BCUT2D eigenvalue weighted by molar-refractivity contribution is -0.151. The Morgan fingerprint density at radius 1 is 1.19 bits per heavy atom. The van der Waals surface area contributed by atoms with Crippen LogP contribution in [0.5, 0.6) is 0 Å². The zero-order valence-corrected chi connectivity index (χ0v) is 10.7. The number of carbonyl (C=O) groups is 2. The van der Waals surface area contributed by atoms with Crippen molar-refractivity contribution in [3.63, 3.8) is 0 Å². The predicted octanol–water partition coefficient (Wildman–Crippen LogP) is 0.680. The van der Waals surface area contributed by atoms with Gasteiger partial charge in [0.15, 0.2) is 0 Å². The van der Waals surface area contributed by atoms with E-state index in [9.17, 15) is 9.59 Å². The van der Waals surface area contributed by atoms with E-state index >= 15 is 0 Å². The van der Waals surface area contributed by atoms with Crippen molar-refractivity contribution in [3.05, 3.63) is 0 Å². The molecule has 0 heterocycles. The largest absolute Gasteiger partial charge is 0.469 e. The molecule has 0 amide bonds. The quantitative estimate of drug-likeness (QED) is 0.629. The Morgan fingerprint density at radius 3 is 2.19 bits per heavy atom. The fraction of sp³-hybridized carbons (Fsp3) is 0.818. The van der Waals surface area contributed by atoms with Gasteiger partial charge in [-0.3, -0.25) is 9.59 Å². The molecule has 0 N–H and O–H groups in total. The van der Waals surface area contributed by atoms with Crippen LogP contribution in [0.15, 0.2) is 0 Å². The van der Waals surface area contributed by atoms with Gasteiger partial charge in [-0.2, -0.15) is 0 Å². The number of methoxy groups -OCH3 is 2. The lowest BCUT2D eigenvalue weighted by Crippen LogP contribution is -2.38. The SMILES string of the molecule is COC(=O)CCN(C)CC(C)(C)C(=O)OC. The highest BCUT2D eigenvalue weighted by atomic mass is 16.5. The minimum atomic E-state index is -0.570. The summed E-state index contributed by atoms with van der Waals surface area (Å²) in [6, 6.07) is 0. The molecule has 0 aliphatic heterocycles. The van der Waals surface area contributed by atoms with Gasteiger partial charge in [0.05, 0.1) is 26.1 Å². The van der Waals surface area contributed by atoms with E-state index in [1.807, 2.05) is 25.8 Å². The molecule has 0 fully saturated rings. The van der Waals surface area contributed by atoms with Crippen LogP contribution < -0.4 is 0 Å². The molecular formula is C11H21NO4. The highest BCUT2D eigenvalue weighted by Crippen LogP contribution is 2.18. The number of rotatable bonds is 6. The van der Waals surface area contributed by atoms with E-state index in [-0.39, 0.29) is 11.9 Å². The van der Waals surface area contributed by atoms with Crippen molar-refractivity contribution in [2.24, 2.45) is 5.41 Å². The van der Waals surface area contributed by atoms with Crippen LogP contribution >= 0.6 is 0 Å². The van der Waals surface area contributed by atoms with Crippen molar-refractivity contribution in [1.82, 2.24) is 4.90 Å². The van der Waals surface area contributed by atoms with Gasteiger partial charge in [0, 0.05) is 13.1 Å². The van der Waals surface area contributed by atoms with E-state index < -0.39 is 5.41 Å². The first-order chi connectivity index (χ1) is 7.33. The second-order valence-electron chi connectivity index (χ2n) is 4.44. The molecule has 94 valence electrons. The van der Waals surface area contributed by atoms with Crippen LogP contribution in [0, 0.1) is 5.41 Å². The molecule has 0 spiro atoms. The molecule has 16 heavy (non-hydrogen) atoms. The average Bonchev–Trinajstić information content (AvgIpc) is 2.23. The van der Waals surface area contributed by atoms with Crippen molar-refractivity contribution in [2.45, 2.75) is 20.3 Å². The second-order valence-corrected chi connectivity index (χ2v) is 4.44. The van der Waals surface area contributed by atoms with E-state index in [2.05, 4.69) is 4.74 Å². The minimum Gasteiger partial charge on any atom is -0.469 e. The van der Waals surface area contributed by atoms with E-state index in [4.69, 9.17) is 4.74 Å². The highest BCUT2D eigenvalue weighted by molar-refractivity contribution is 5.76. The lowest BCUT2D eigenvalue weighted by Gasteiger charge is -2.27. The Hall–Kier alpha value is -1.10. The molecule has 0 atom stereocenters. The van der Waals surface area contributed by atoms with Gasteiger partial charge in [-0.05, 0) is 20.9 Å². The van der Waals surface area contributed by atoms with Crippen LogP contribution in [-0.4, -0.2) is 51.2 Å². The van der Waals surface area contributed by atoms with E-state index in [0.29, 0.717) is 19.5 Å². The van der Waals surface area contributed by atoms with E-state index in [1.165, 1.54) is 14.2 Å². The van der Waals surface area contributed by atoms with Gasteiger partial charge in [-0.15, -0.1) is 0 Å². The molecule has 5 nitrogen and oxygen atoms in total. The fourth-order valence-corrected chi connectivity index (χ4v) is 1.48. The van der Waals surface area contributed by atoms with Crippen molar-refractivity contribution in [1.29, 1.82) is 0 Å². The van der Waals surface area contributed by atoms with Gasteiger partial charge in [-0.1, -0.05) is 0 Å². The van der Waals surface area contributed by atoms with Crippen molar-refractivity contribution < 1.29 is 19.1 Å². The molecule has 0 saturated heterocycles. The van der Waals surface area contributed by atoms with Gasteiger partial charge >= 0.3 is 11.9 Å². The van der Waals surface area contributed by atoms with Gasteiger partial charge in [0.1, 0.15) is 0 Å². The summed E-state index contributed by atoms with van der Waals surface area (Å²) in [5.41, 5.74) is -0.570. The maximum Gasteiger partial charge on any atom is 0.312 e. The zero-order chi connectivity index (χ0) is 12.8. The van der Waals surface area contributed by atoms with Gasteiger partial charge in [-0.25, -0.2) is 0 Å². The lowest BCUT2D eigenvalue weighted by atomic mass is 9.93. The molecule has 0 aromatic rings. The number of esters is 2. The second kappa shape index (κ2) is 6.48. The summed E-state index contributed by atoms with van der Waals surface area (Å²) in [5.74, 6) is -0.500. The van der Waals surface area contributed by atoms with Crippen LogP contribution in [0.1, 0.15) is 20.3 Å². The molecular weight excluding hydrogens is 210 g/mol. The van der Waals surface area contributed by atoms with Crippen LogP contribution in [-0.2, 0) is 19.1 Å². The Kier molecular flexibility index (Phi) is 6.03. The standard InChI is InChI=1S/C11H21NO4/c1-11(2,10(14)16-5)8-12(3)7-6-9(13)15-4/h6-8H2,1-5H3. The molecule has 5 heteroatoms. The van der Waals surface area contributed by atoms with Crippen molar-refractivity contribution in [3.8, 4) is 0 Å². The van der Waals surface area contributed by atoms with Gasteiger partial charge in [0.25, 0.3) is 0 Å². The Labute approximate surface area is 96.7 Å². The van der Waals surface area contributed by atoms with Crippen LogP contribution in [0.4, 0.5) is 0 Å². The molecule has 0 aliphatic carbocycles. The summed E-state index contributed by atoms with van der Waals surface area (Å²) in [5, 5.41) is 0. The normalized spacial score (nSPS) is 11.4. The molecule has 0 saturated carbocycles. The third-order valence-corrected chi connectivity index (χ3v) is 2.33. The summed E-state index contributed by atoms with van der Waals surface area (Å²) >= 11 is 0. The molecule has 0 aromatic carbocycles. The van der Waals surface area contributed by atoms with Crippen LogP contribution in [0.3, 0.4) is 0 Å². The fourth-order valence-electron chi connectivity index (χ4n) is 1.48. The molecule has 0 unspecified atom stereocenters. The monoisotopic (exact) mass is 231 g/mol. The number of carbonyl (C=O) groups excluding carboxylic acids is 2. The van der Waals surface area contributed by atoms with E-state index in [0.717, 1.165) is 0 Å². The molecule has 0 rings (SSSR count). The number of hydrogen-bond donors (Lipinski definition) is 0. The number of nitrogens with zero attached hydrogens (tertiary/aromatic N) is 1. The minimum absolute atomic E-state index is 0.247. The predicted molar refractivity (Wildman–Crippen MR) is 59.9 cm³/mol. The average molecular weight is 231 g/mol. The number of hydrogen-bond acceptors (Lipinski definition) is 5. The first-order valence-electron chi connectivity index (χ1n) is 5.17. The Morgan fingerprint density at radius 2 is 1.75 bits per heavy atom. The summed E-state index contributed by atoms with van der Waals surface area (Å²) in [4.78, 5) is 24.3. The third-order valence-electron chi connectivity index (χ3n) is 2.33. The zero-order valence-electron chi connectivity index (χ0n) is 10.7. The first-order valence-corrected chi connectivity index (χ1v) is 5.17. The maximum absolute atomic E-state index is 11.4. The van der Waals surface area contributed by atoms with E-state index in [1.54, 1.807) is 0 Å². The topological polar surface area (TPSA) is 55.8 Å². The summed E-state index contributed by atoms with van der Waals surface area (Å²) < 4.78 is 9.25. The maximum atomic E-state index is 11.4. The molecule has 0 aliphatic rings. The summed E-state index contributed by atoms with van der Waals surface area (Å²) in [7, 11) is 4.59. The Bertz CT molecular complexity index is 250. The molecule has 0 aromatic heterocycles. The smallest absolute Gasteiger partial charge is 0.312 e. The van der Waals surface area contributed by atoms with Crippen molar-refractivity contribution in [2.75, 3.05) is 34.4 Å². The van der Waals surface area contributed by atoms with Crippen LogP contribution in [0.25, 0.3) is 0 Å². The van der Waals surface area contributed by atoms with Gasteiger partial charge < -0.3 is 14.4 Å². The number of ether oxygens (including phenoxy) is 2. The molecule has 0 bridgehead atoms. The molecule has 0 radical (unpaired) electrons. The summed E-state index contributed by atoms with van der Waals surface area (Å²) in [6.07, 6.45) is 0.324. The Balaban J connectivity index is 4.08. The summed E-state index contributed by atoms with van der Waals surface area (Å²) in [6.45, 7) is 4.73. The van der Waals surface area contributed by atoms with Crippen LogP contribution in [0.2, 0.25) is 0 Å². The van der Waals surface area contributed by atoms with Gasteiger partial charge in [0.2, 0.25) is 0 Å². The highest BCUT2D eigenvalue weighted by Gasteiger charge is 2.30. The first kappa shape index (κ1) is 14.9.